The zero-order valence-corrected chi connectivity index (χ0v) is 12.5. The van der Waals surface area contributed by atoms with Crippen LogP contribution in [0, 0.1) is 0 Å². The standard InChI is InChI=1S/C15H11ClN2O2S/c16-12-8-6-11(7-9-12)10-17-14(19)18(21-15(17)20)13-4-2-1-3-5-13/h1-9H,10H2. The first-order valence-corrected chi connectivity index (χ1v) is 7.43. The van der Waals surface area contributed by atoms with Gasteiger partial charge in [0.1, 0.15) is 0 Å². The fraction of sp³-hybridized carbons (Fsp3) is 0.0667. The van der Waals surface area contributed by atoms with E-state index in [-0.39, 0.29) is 17.1 Å². The number of nitrogens with zero attached hydrogens (tertiary/aromatic N) is 2. The fourth-order valence-corrected chi connectivity index (χ4v) is 2.91. The Labute approximate surface area is 129 Å². The third-order valence-corrected chi connectivity index (χ3v) is 4.22. The van der Waals surface area contributed by atoms with Gasteiger partial charge in [-0.05, 0) is 29.8 Å². The Morgan fingerprint density at radius 1 is 0.952 bits per heavy atom. The molecular weight excluding hydrogens is 308 g/mol. The molecule has 3 aromatic rings. The highest BCUT2D eigenvalue weighted by Crippen LogP contribution is 2.10. The minimum Gasteiger partial charge on any atom is -0.255 e. The van der Waals surface area contributed by atoms with E-state index in [1.165, 1.54) is 8.52 Å². The molecule has 3 rings (SSSR count). The van der Waals surface area contributed by atoms with Crippen molar-refractivity contribution in [2.45, 2.75) is 6.54 Å². The fourth-order valence-electron chi connectivity index (χ4n) is 1.99. The lowest BCUT2D eigenvalue weighted by atomic mass is 10.2. The summed E-state index contributed by atoms with van der Waals surface area (Å²) >= 11 is 6.73. The van der Waals surface area contributed by atoms with Crippen molar-refractivity contribution in [1.82, 2.24) is 8.52 Å². The quantitative estimate of drug-likeness (QED) is 0.745. The van der Waals surface area contributed by atoms with Crippen LogP contribution in [0.4, 0.5) is 0 Å². The van der Waals surface area contributed by atoms with Gasteiger partial charge in [0.05, 0.1) is 12.2 Å². The average molecular weight is 319 g/mol. The van der Waals surface area contributed by atoms with Gasteiger partial charge in [-0.1, -0.05) is 41.9 Å². The van der Waals surface area contributed by atoms with Gasteiger partial charge in [0.2, 0.25) is 0 Å². The van der Waals surface area contributed by atoms with Crippen LogP contribution < -0.4 is 10.6 Å². The highest BCUT2D eigenvalue weighted by molar-refractivity contribution is 7.03. The summed E-state index contributed by atoms with van der Waals surface area (Å²) in [7, 11) is 0. The molecule has 0 bridgehead atoms. The third kappa shape index (κ3) is 2.84. The molecule has 0 unspecified atom stereocenters. The maximum atomic E-state index is 12.4. The van der Waals surface area contributed by atoms with Gasteiger partial charge in [-0.3, -0.25) is 4.79 Å². The second-order valence-electron chi connectivity index (χ2n) is 4.48. The molecular formula is C15H11ClN2O2S. The maximum absolute atomic E-state index is 12.4. The van der Waals surface area contributed by atoms with Crippen LogP contribution >= 0.6 is 23.1 Å². The highest BCUT2D eigenvalue weighted by Gasteiger charge is 2.11. The Balaban J connectivity index is 2.01. The molecule has 1 heterocycles. The molecule has 0 aliphatic rings. The maximum Gasteiger partial charge on any atom is 0.346 e. The third-order valence-electron chi connectivity index (χ3n) is 3.04. The average Bonchev–Trinajstić information content (AvgIpc) is 2.78. The largest absolute Gasteiger partial charge is 0.346 e. The molecule has 1 aromatic heterocycles. The van der Waals surface area contributed by atoms with Crippen LogP contribution in [0.2, 0.25) is 5.02 Å². The van der Waals surface area contributed by atoms with Crippen molar-refractivity contribution in [1.29, 1.82) is 0 Å². The summed E-state index contributed by atoms with van der Waals surface area (Å²) in [6.45, 7) is 0.241. The van der Waals surface area contributed by atoms with Crippen LogP contribution in [-0.4, -0.2) is 8.52 Å². The Hall–Kier alpha value is -2.11. The van der Waals surface area contributed by atoms with Crippen LogP contribution in [0.1, 0.15) is 5.56 Å². The van der Waals surface area contributed by atoms with Gasteiger partial charge >= 0.3 is 10.6 Å². The molecule has 0 N–H and O–H groups in total. The van der Waals surface area contributed by atoms with Gasteiger partial charge in [0.15, 0.2) is 0 Å². The summed E-state index contributed by atoms with van der Waals surface area (Å²) in [6, 6.07) is 16.2. The Bertz CT molecular complexity index is 863. The molecule has 0 atom stereocenters. The van der Waals surface area contributed by atoms with Crippen molar-refractivity contribution in [3.8, 4) is 5.69 Å². The Morgan fingerprint density at radius 3 is 2.29 bits per heavy atom. The SMILES string of the molecule is O=c1sn(-c2ccccc2)c(=O)n1Cc1ccc(Cl)cc1. The van der Waals surface area contributed by atoms with E-state index in [0.29, 0.717) is 10.7 Å². The lowest BCUT2D eigenvalue weighted by molar-refractivity contribution is 0.723. The summed E-state index contributed by atoms with van der Waals surface area (Å²) in [4.78, 5) is 24.1. The van der Waals surface area contributed by atoms with E-state index >= 15 is 0 Å². The van der Waals surface area contributed by atoms with Crippen LogP contribution in [0.25, 0.3) is 5.69 Å². The second kappa shape index (κ2) is 5.71. The van der Waals surface area contributed by atoms with Gasteiger partial charge in [-0.2, -0.15) is 0 Å². The monoisotopic (exact) mass is 318 g/mol. The summed E-state index contributed by atoms with van der Waals surface area (Å²) in [5.41, 5.74) is 1.22. The first kappa shape index (κ1) is 13.9. The van der Waals surface area contributed by atoms with Gasteiger partial charge in [0.25, 0.3) is 0 Å². The molecule has 0 fully saturated rings. The molecule has 2 aromatic carbocycles. The number of rotatable bonds is 3. The van der Waals surface area contributed by atoms with E-state index in [9.17, 15) is 9.59 Å². The Kier molecular flexibility index (Phi) is 3.77. The number of benzene rings is 2. The van der Waals surface area contributed by atoms with Crippen LogP contribution in [0.5, 0.6) is 0 Å². The Morgan fingerprint density at radius 2 is 1.62 bits per heavy atom. The minimum atomic E-state index is -0.328. The van der Waals surface area contributed by atoms with E-state index in [0.717, 1.165) is 17.1 Å². The number of hydrogen-bond donors (Lipinski definition) is 0. The van der Waals surface area contributed by atoms with E-state index in [2.05, 4.69) is 0 Å². The number of hydrogen-bond acceptors (Lipinski definition) is 3. The summed E-state index contributed by atoms with van der Waals surface area (Å²) < 4.78 is 2.62. The van der Waals surface area contributed by atoms with Crippen molar-refractivity contribution < 1.29 is 0 Å². The van der Waals surface area contributed by atoms with Crippen molar-refractivity contribution in [3.05, 3.63) is 85.3 Å². The van der Waals surface area contributed by atoms with Gasteiger partial charge in [-0.25, -0.2) is 13.3 Å². The van der Waals surface area contributed by atoms with E-state index in [4.69, 9.17) is 11.6 Å². The molecule has 0 aliphatic heterocycles. The zero-order chi connectivity index (χ0) is 14.8. The summed E-state index contributed by atoms with van der Waals surface area (Å²) in [5, 5.41) is 0.623. The van der Waals surface area contributed by atoms with Crippen molar-refractivity contribution >= 4 is 23.1 Å². The van der Waals surface area contributed by atoms with Crippen molar-refractivity contribution in [2.75, 3.05) is 0 Å². The summed E-state index contributed by atoms with van der Waals surface area (Å²) in [5.74, 6) is 0. The number of para-hydroxylation sites is 1. The van der Waals surface area contributed by atoms with Gasteiger partial charge < -0.3 is 0 Å². The molecule has 21 heavy (non-hydrogen) atoms. The molecule has 0 aliphatic carbocycles. The van der Waals surface area contributed by atoms with Crippen LogP contribution in [0.15, 0.2) is 64.2 Å². The molecule has 0 radical (unpaired) electrons. The highest BCUT2D eigenvalue weighted by atomic mass is 35.5. The second-order valence-corrected chi connectivity index (χ2v) is 5.82. The first-order chi connectivity index (χ1) is 10.1. The molecule has 0 spiro atoms. The topological polar surface area (TPSA) is 44.0 Å². The smallest absolute Gasteiger partial charge is 0.255 e. The number of aromatic nitrogens is 2. The number of halogens is 1. The van der Waals surface area contributed by atoms with E-state index < -0.39 is 0 Å². The molecule has 0 amide bonds. The van der Waals surface area contributed by atoms with Crippen LogP contribution in [-0.2, 0) is 6.54 Å². The molecule has 0 saturated heterocycles. The van der Waals surface area contributed by atoms with E-state index in [1.54, 1.807) is 36.4 Å². The van der Waals surface area contributed by atoms with Crippen molar-refractivity contribution in [3.63, 3.8) is 0 Å². The van der Waals surface area contributed by atoms with Crippen LogP contribution in [0.3, 0.4) is 0 Å². The van der Waals surface area contributed by atoms with Gasteiger partial charge in [-0.15, -0.1) is 0 Å². The molecule has 4 nitrogen and oxygen atoms in total. The van der Waals surface area contributed by atoms with Crippen molar-refractivity contribution in [2.24, 2.45) is 0 Å². The van der Waals surface area contributed by atoms with E-state index in [1.807, 2.05) is 18.2 Å². The van der Waals surface area contributed by atoms with Gasteiger partial charge in [0, 0.05) is 16.6 Å². The molecule has 6 heteroatoms. The molecule has 106 valence electrons. The summed E-state index contributed by atoms with van der Waals surface area (Å²) in [6.07, 6.45) is 0. The normalized spacial score (nSPS) is 10.7. The lowest BCUT2D eigenvalue weighted by Gasteiger charge is -2.01. The molecule has 0 saturated carbocycles. The predicted molar refractivity (Wildman–Crippen MR) is 84.7 cm³/mol. The minimum absolute atomic E-state index is 0.241. The zero-order valence-electron chi connectivity index (χ0n) is 10.9. The predicted octanol–water partition coefficient (Wildman–Crippen LogP) is 2.76. The lowest BCUT2D eigenvalue weighted by Crippen LogP contribution is -2.28. The first-order valence-electron chi connectivity index (χ1n) is 6.28.